The summed E-state index contributed by atoms with van der Waals surface area (Å²) in [5.41, 5.74) is 0.914. The molecule has 0 aliphatic carbocycles. The zero-order valence-electron chi connectivity index (χ0n) is 12.3. The summed E-state index contributed by atoms with van der Waals surface area (Å²) in [4.78, 5) is 12.5. The SMILES string of the molecule is Cn1nccc1CCC(=O)C(C)(C)C1CCCNC1. The highest BCUT2D eigenvalue weighted by molar-refractivity contribution is 5.84. The second-order valence-electron chi connectivity index (χ2n) is 6.13. The number of aryl methyl sites for hydroxylation is 2. The van der Waals surface area contributed by atoms with Crippen LogP contribution in [0, 0.1) is 11.3 Å². The van der Waals surface area contributed by atoms with Crippen LogP contribution in [0.5, 0.6) is 0 Å². The summed E-state index contributed by atoms with van der Waals surface area (Å²) in [6.07, 6.45) is 5.54. The van der Waals surface area contributed by atoms with Crippen molar-refractivity contribution in [3.63, 3.8) is 0 Å². The average molecular weight is 263 g/mol. The number of carbonyl (C=O) groups excluding carboxylic acids is 1. The van der Waals surface area contributed by atoms with E-state index in [4.69, 9.17) is 0 Å². The number of piperidine rings is 1. The maximum absolute atomic E-state index is 12.5. The topological polar surface area (TPSA) is 46.9 Å². The van der Waals surface area contributed by atoms with Gasteiger partial charge in [-0.15, -0.1) is 0 Å². The second-order valence-corrected chi connectivity index (χ2v) is 6.13. The number of hydrogen-bond acceptors (Lipinski definition) is 3. The third-order valence-corrected chi connectivity index (χ3v) is 4.57. The molecule has 2 rings (SSSR count). The minimum atomic E-state index is -0.216. The Kier molecular flexibility index (Phi) is 4.40. The number of rotatable bonds is 5. The van der Waals surface area contributed by atoms with Crippen LogP contribution < -0.4 is 5.32 Å². The summed E-state index contributed by atoms with van der Waals surface area (Å²) in [5, 5.41) is 7.55. The molecule has 1 unspecified atom stereocenters. The van der Waals surface area contributed by atoms with E-state index in [1.165, 1.54) is 6.42 Å². The van der Waals surface area contributed by atoms with Crippen LogP contribution in [0.15, 0.2) is 12.3 Å². The van der Waals surface area contributed by atoms with Gasteiger partial charge in [0.15, 0.2) is 0 Å². The Bertz CT molecular complexity index is 430. The summed E-state index contributed by atoms with van der Waals surface area (Å²) in [5.74, 6) is 0.850. The number of carbonyl (C=O) groups is 1. The van der Waals surface area contributed by atoms with Crippen LogP contribution >= 0.6 is 0 Å². The molecule has 1 aliphatic heterocycles. The molecule has 1 aromatic heterocycles. The summed E-state index contributed by atoms with van der Waals surface area (Å²) in [6, 6.07) is 1.99. The van der Waals surface area contributed by atoms with Gasteiger partial charge in [0.25, 0.3) is 0 Å². The van der Waals surface area contributed by atoms with E-state index in [-0.39, 0.29) is 5.41 Å². The summed E-state index contributed by atoms with van der Waals surface area (Å²) in [7, 11) is 1.93. The van der Waals surface area contributed by atoms with Crippen LogP contribution in [0.4, 0.5) is 0 Å². The van der Waals surface area contributed by atoms with E-state index in [0.717, 1.165) is 31.6 Å². The third-order valence-electron chi connectivity index (χ3n) is 4.57. The normalized spacial score (nSPS) is 20.5. The predicted molar refractivity (Wildman–Crippen MR) is 75.9 cm³/mol. The lowest BCUT2D eigenvalue weighted by atomic mass is 9.71. The van der Waals surface area contributed by atoms with Gasteiger partial charge in [-0.1, -0.05) is 13.8 Å². The van der Waals surface area contributed by atoms with E-state index in [2.05, 4.69) is 24.3 Å². The van der Waals surface area contributed by atoms with Crippen molar-refractivity contribution in [3.8, 4) is 0 Å². The highest BCUT2D eigenvalue weighted by Gasteiger charge is 2.36. The molecule has 0 radical (unpaired) electrons. The lowest BCUT2D eigenvalue weighted by molar-refractivity contribution is -0.130. The third kappa shape index (κ3) is 3.24. The van der Waals surface area contributed by atoms with Crippen LogP contribution in [0.3, 0.4) is 0 Å². The van der Waals surface area contributed by atoms with Gasteiger partial charge in [0.2, 0.25) is 0 Å². The molecule has 4 heteroatoms. The molecule has 0 amide bonds. The molecule has 1 N–H and O–H groups in total. The van der Waals surface area contributed by atoms with E-state index in [1.807, 2.05) is 17.8 Å². The Labute approximate surface area is 115 Å². The molecule has 2 heterocycles. The summed E-state index contributed by atoms with van der Waals surface area (Å²) < 4.78 is 1.85. The van der Waals surface area contributed by atoms with Crippen molar-refractivity contribution in [2.45, 2.75) is 39.5 Å². The van der Waals surface area contributed by atoms with Crippen molar-refractivity contribution in [1.82, 2.24) is 15.1 Å². The molecule has 0 aromatic carbocycles. The first kappa shape index (κ1) is 14.3. The Morgan fingerprint density at radius 2 is 2.37 bits per heavy atom. The van der Waals surface area contributed by atoms with Crippen LogP contribution in [0.25, 0.3) is 0 Å². The standard InChI is InChI=1S/C15H25N3O/c1-15(2,12-5-4-9-16-11-12)14(19)7-6-13-8-10-17-18(13)3/h8,10,12,16H,4-7,9,11H2,1-3H3. The first-order valence-corrected chi connectivity index (χ1v) is 7.22. The van der Waals surface area contributed by atoms with Gasteiger partial charge in [-0.3, -0.25) is 9.48 Å². The van der Waals surface area contributed by atoms with E-state index in [9.17, 15) is 4.79 Å². The molecular weight excluding hydrogens is 238 g/mol. The van der Waals surface area contributed by atoms with Gasteiger partial charge in [0.1, 0.15) is 5.78 Å². The summed E-state index contributed by atoms with van der Waals surface area (Å²) >= 11 is 0. The maximum Gasteiger partial charge on any atom is 0.139 e. The molecule has 1 saturated heterocycles. The van der Waals surface area contributed by atoms with Gasteiger partial charge in [-0.25, -0.2) is 0 Å². The van der Waals surface area contributed by atoms with Crippen LogP contribution in [0.2, 0.25) is 0 Å². The second kappa shape index (κ2) is 5.87. The minimum Gasteiger partial charge on any atom is -0.316 e. The van der Waals surface area contributed by atoms with Crippen LogP contribution in [-0.4, -0.2) is 28.7 Å². The van der Waals surface area contributed by atoms with Crippen molar-refractivity contribution in [1.29, 1.82) is 0 Å². The highest BCUT2D eigenvalue weighted by Crippen LogP contribution is 2.33. The summed E-state index contributed by atoms with van der Waals surface area (Å²) in [6.45, 7) is 6.28. The Morgan fingerprint density at radius 1 is 1.58 bits per heavy atom. The van der Waals surface area contributed by atoms with Crippen molar-refractivity contribution in [2.24, 2.45) is 18.4 Å². The highest BCUT2D eigenvalue weighted by atomic mass is 16.1. The van der Waals surface area contributed by atoms with Crippen molar-refractivity contribution < 1.29 is 4.79 Å². The van der Waals surface area contributed by atoms with E-state index in [0.29, 0.717) is 18.1 Å². The molecule has 0 saturated carbocycles. The van der Waals surface area contributed by atoms with Gasteiger partial charge < -0.3 is 5.32 Å². The lowest BCUT2D eigenvalue weighted by Gasteiger charge is -2.36. The fraction of sp³-hybridized carbons (Fsp3) is 0.733. The zero-order chi connectivity index (χ0) is 13.9. The monoisotopic (exact) mass is 263 g/mol. The molecular formula is C15H25N3O. The van der Waals surface area contributed by atoms with Crippen molar-refractivity contribution >= 4 is 5.78 Å². The molecule has 19 heavy (non-hydrogen) atoms. The molecule has 1 aliphatic rings. The number of hydrogen-bond donors (Lipinski definition) is 1. The number of nitrogens with one attached hydrogen (secondary N) is 1. The Hall–Kier alpha value is -1.16. The van der Waals surface area contributed by atoms with Crippen molar-refractivity contribution in [3.05, 3.63) is 18.0 Å². The minimum absolute atomic E-state index is 0.216. The molecule has 1 aromatic rings. The van der Waals surface area contributed by atoms with E-state index < -0.39 is 0 Å². The Balaban J connectivity index is 1.92. The Morgan fingerprint density at radius 3 is 2.95 bits per heavy atom. The van der Waals surface area contributed by atoms with Gasteiger partial charge in [0.05, 0.1) is 0 Å². The molecule has 0 spiro atoms. The lowest BCUT2D eigenvalue weighted by Crippen LogP contribution is -2.42. The first-order valence-electron chi connectivity index (χ1n) is 7.22. The molecule has 4 nitrogen and oxygen atoms in total. The number of nitrogens with zero attached hydrogens (tertiary/aromatic N) is 2. The zero-order valence-corrected chi connectivity index (χ0v) is 12.3. The smallest absolute Gasteiger partial charge is 0.139 e. The fourth-order valence-corrected chi connectivity index (χ4v) is 2.91. The maximum atomic E-state index is 12.5. The van der Waals surface area contributed by atoms with E-state index in [1.54, 1.807) is 6.20 Å². The van der Waals surface area contributed by atoms with Gasteiger partial charge in [-0.05, 0) is 44.3 Å². The molecule has 1 atom stereocenters. The number of aromatic nitrogens is 2. The molecule has 106 valence electrons. The number of ketones is 1. The predicted octanol–water partition coefficient (Wildman–Crippen LogP) is 1.95. The largest absolute Gasteiger partial charge is 0.316 e. The quantitative estimate of drug-likeness (QED) is 0.883. The molecule has 1 fully saturated rings. The molecule has 0 bridgehead atoms. The van der Waals surface area contributed by atoms with Crippen LogP contribution in [-0.2, 0) is 18.3 Å². The van der Waals surface area contributed by atoms with Gasteiger partial charge in [0, 0.05) is 30.8 Å². The number of Topliss-reactive ketones (excluding diaryl/α,β-unsaturated/α-hetero) is 1. The average Bonchev–Trinajstić information content (AvgIpc) is 2.82. The van der Waals surface area contributed by atoms with Crippen molar-refractivity contribution in [2.75, 3.05) is 13.1 Å². The first-order chi connectivity index (χ1) is 9.01. The van der Waals surface area contributed by atoms with E-state index >= 15 is 0 Å². The fourth-order valence-electron chi connectivity index (χ4n) is 2.91. The van der Waals surface area contributed by atoms with Crippen LogP contribution in [0.1, 0.15) is 38.8 Å². The van der Waals surface area contributed by atoms with Gasteiger partial charge >= 0.3 is 0 Å². The van der Waals surface area contributed by atoms with Gasteiger partial charge in [-0.2, -0.15) is 5.10 Å².